The van der Waals surface area contributed by atoms with Crippen molar-refractivity contribution < 1.29 is 14.2 Å². The summed E-state index contributed by atoms with van der Waals surface area (Å²) in [5.74, 6) is -0.448. The number of aliphatic hydroxyl groups is 1. The van der Waals surface area contributed by atoms with Gasteiger partial charge in [-0.2, -0.15) is 0 Å². The van der Waals surface area contributed by atoms with Crippen LogP contribution in [0.2, 0.25) is 0 Å². The van der Waals surface area contributed by atoms with E-state index < -0.39 is 13.9 Å². The molecule has 10 heavy (non-hydrogen) atoms. The van der Waals surface area contributed by atoms with Gasteiger partial charge in [-0.25, -0.2) is 0 Å². The van der Waals surface area contributed by atoms with Gasteiger partial charge in [-0.3, -0.25) is 4.57 Å². The van der Waals surface area contributed by atoms with Gasteiger partial charge in [0.2, 0.25) is 8.03 Å². The second kappa shape index (κ2) is 4.89. The molecule has 0 spiro atoms. The van der Waals surface area contributed by atoms with E-state index in [1.807, 2.05) is 13.8 Å². The first-order valence-corrected chi connectivity index (χ1v) is 4.78. The highest BCUT2D eigenvalue weighted by Gasteiger charge is 2.06. The van der Waals surface area contributed by atoms with Gasteiger partial charge in [0.1, 0.15) is 5.85 Å². The van der Waals surface area contributed by atoms with E-state index in [4.69, 9.17) is 9.63 Å². The van der Waals surface area contributed by atoms with Gasteiger partial charge in [0.15, 0.2) is 0 Å². The van der Waals surface area contributed by atoms with Crippen molar-refractivity contribution in [3.63, 3.8) is 0 Å². The van der Waals surface area contributed by atoms with Crippen LogP contribution in [0.15, 0.2) is 0 Å². The predicted octanol–water partition coefficient (Wildman–Crippen LogP) is 1.47. The minimum absolute atomic E-state index is 0.368. The Balaban J connectivity index is 3.40. The molecule has 0 rings (SSSR count). The van der Waals surface area contributed by atoms with Crippen molar-refractivity contribution in [1.82, 2.24) is 0 Å². The minimum atomic E-state index is -2.20. The van der Waals surface area contributed by atoms with Crippen molar-refractivity contribution in [1.29, 1.82) is 0 Å². The van der Waals surface area contributed by atoms with E-state index >= 15 is 0 Å². The Labute approximate surface area is 62.3 Å². The molecule has 1 N–H and O–H groups in total. The summed E-state index contributed by atoms with van der Waals surface area (Å²) in [4.78, 5) is 0. The highest BCUT2D eigenvalue weighted by molar-refractivity contribution is 7.39. The number of hydrogen-bond acceptors (Lipinski definition) is 3. The van der Waals surface area contributed by atoms with Gasteiger partial charge in [0.25, 0.3) is 0 Å². The van der Waals surface area contributed by atoms with Crippen molar-refractivity contribution in [2.45, 2.75) is 26.6 Å². The Morgan fingerprint density at radius 2 is 2.00 bits per heavy atom. The van der Waals surface area contributed by atoms with Crippen LogP contribution in [0.5, 0.6) is 0 Å². The highest BCUT2D eigenvalue weighted by Crippen LogP contribution is 2.27. The van der Waals surface area contributed by atoms with E-state index in [0.29, 0.717) is 12.5 Å². The van der Waals surface area contributed by atoms with Gasteiger partial charge < -0.3 is 9.63 Å². The summed E-state index contributed by atoms with van der Waals surface area (Å²) in [5, 5.41) is 8.74. The molecule has 0 saturated heterocycles. The molecular formula is C6H15O3P. The van der Waals surface area contributed by atoms with Crippen LogP contribution in [0.4, 0.5) is 0 Å². The van der Waals surface area contributed by atoms with E-state index in [-0.39, 0.29) is 0 Å². The number of rotatable bonds is 4. The second-order valence-corrected chi connectivity index (χ2v) is 4.46. The van der Waals surface area contributed by atoms with Gasteiger partial charge in [-0.15, -0.1) is 0 Å². The van der Waals surface area contributed by atoms with Crippen LogP contribution in [0.1, 0.15) is 20.8 Å². The molecule has 2 atom stereocenters. The molecule has 0 heterocycles. The van der Waals surface area contributed by atoms with Gasteiger partial charge in [-0.1, -0.05) is 13.8 Å². The lowest BCUT2D eigenvalue weighted by Crippen LogP contribution is -2.00. The van der Waals surface area contributed by atoms with Crippen LogP contribution < -0.4 is 0 Å². The summed E-state index contributed by atoms with van der Waals surface area (Å²) in [6, 6.07) is 0. The molecule has 0 saturated carbocycles. The third kappa shape index (κ3) is 4.98. The Morgan fingerprint density at radius 3 is 2.30 bits per heavy atom. The van der Waals surface area contributed by atoms with Gasteiger partial charge in [-0.05, 0) is 12.8 Å². The molecule has 62 valence electrons. The number of aliphatic hydroxyl groups excluding tert-OH is 1. The standard InChI is InChI=1S/C6H15O3P/c1-5(2)4-9-10(8)6(3)7/h5-7,10H,4H2,1-3H3. The summed E-state index contributed by atoms with van der Waals surface area (Å²) in [5.41, 5.74) is 0. The van der Waals surface area contributed by atoms with Gasteiger partial charge in [0, 0.05) is 0 Å². The fourth-order valence-electron chi connectivity index (χ4n) is 0.369. The molecule has 0 aliphatic rings. The third-order valence-electron chi connectivity index (χ3n) is 0.900. The zero-order valence-corrected chi connectivity index (χ0v) is 7.63. The average molecular weight is 166 g/mol. The van der Waals surface area contributed by atoms with E-state index in [1.54, 1.807) is 0 Å². The summed E-state index contributed by atoms with van der Waals surface area (Å²) in [6.45, 7) is 5.87. The summed E-state index contributed by atoms with van der Waals surface area (Å²) >= 11 is 0. The Bertz CT molecular complexity index is 112. The Hall–Kier alpha value is 0.150. The fraction of sp³-hybridized carbons (Fsp3) is 1.00. The highest BCUT2D eigenvalue weighted by atomic mass is 31.1. The predicted molar refractivity (Wildman–Crippen MR) is 41.5 cm³/mol. The zero-order valence-electron chi connectivity index (χ0n) is 6.63. The van der Waals surface area contributed by atoms with Crippen LogP contribution in [-0.2, 0) is 9.09 Å². The normalized spacial score (nSPS) is 17.3. The average Bonchev–Trinajstić information content (AvgIpc) is 1.82. The molecule has 3 nitrogen and oxygen atoms in total. The Kier molecular flexibility index (Phi) is 4.96. The molecule has 2 unspecified atom stereocenters. The summed E-state index contributed by atoms with van der Waals surface area (Å²) < 4.78 is 15.6. The molecule has 0 aromatic heterocycles. The first-order chi connectivity index (χ1) is 4.54. The maximum atomic E-state index is 10.8. The zero-order chi connectivity index (χ0) is 8.15. The molecule has 0 aromatic carbocycles. The minimum Gasteiger partial charge on any atom is -0.384 e. The summed E-state index contributed by atoms with van der Waals surface area (Å²) in [6.07, 6.45) is 0. The first kappa shape index (κ1) is 10.2. The molecule has 4 heteroatoms. The van der Waals surface area contributed by atoms with Crippen LogP contribution >= 0.6 is 8.03 Å². The Morgan fingerprint density at radius 1 is 1.50 bits per heavy atom. The van der Waals surface area contributed by atoms with Crippen molar-refractivity contribution in [2.24, 2.45) is 5.92 Å². The maximum absolute atomic E-state index is 10.8. The van der Waals surface area contributed by atoms with Crippen molar-refractivity contribution in [3.05, 3.63) is 0 Å². The first-order valence-electron chi connectivity index (χ1n) is 3.38. The second-order valence-electron chi connectivity index (χ2n) is 2.70. The molecule has 0 amide bonds. The third-order valence-corrected chi connectivity index (χ3v) is 2.03. The monoisotopic (exact) mass is 166 g/mol. The van der Waals surface area contributed by atoms with Crippen LogP contribution in [0.3, 0.4) is 0 Å². The van der Waals surface area contributed by atoms with Gasteiger partial charge >= 0.3 is 0 Å². The van der Waals surface area contributed by atoms with Crippen molar-refractivity contribution >= 4 is 8.03 Å². The van der Waals surface area contributed by atoms with Crippen LogP contribution in [0.25, 0.3) is 0 Å². The topological polar surface area (TPSA) is 46.5 Å². The van der Waals surface area contributed by atoms with Crippen LogP contribution in [-0.4, -0.2) is 17.6 Å². The van der Waals surface area contributed by atoms with Crippen molar-refractivity contribution in [3.8, 4) is 0 Å². The van der Waals surface area contributed by atoms with E-state index in [9.17, 15) is 4.57 Å². The molecule has 0 aromatic rings. The quantitative estimate of drug-likeness (QED) is 0.643. The lowest BCUT2D eigenvalue weighted by molar-refractivity contribution is 0.219. The largest absolute Gasteiger partial charge is 0.384 e. The molecule has 0 fully saturated rings. The van der Waals surface area contributed by atoms with Gasteiger partial charge in [0.05, 0.1) is 6.61 Å². The number of hydrogen-bond donors (Lipinski definition) is 1. The van der Waals surface area contributed by atoms with E-state index in [0.717, 1.165) is 0 Å². The summed E-state index contributed by atoms with van der Waals surface area (Å²) in [7, 11) is -2.20. The maximum Gasteiger partial charge on any atom is 0.218 e. The van der Waals surface area contributed by atoms with E-state index in [2.05, 4.69) is 0 Å². The smallest absolute Gasteiger partial charge is 0.218 e. The molecule has 0 radical (unpaired) electrons. The van der Waals surface area contributed by atoms with Crippen molar-refractivity contribution in [2.75, 3.05) is 6.61 Å². The molecule has 0 aliphatic carbocycles. The lowest BCUT2D eigenvalue weighted by Gasteiger charge is -2.07. The molecule has 0 bridgehead atoms. The van der Waals surface area contributed by atoms with E-state index in [1.165, 1.54) is 6.92 Å². The SMILES string of the molecule is CC(C)CO[PH](=O)C(C)O. The lowest BCUT2D eigenvalue weighted by atomic mass is 10.2. The van der Waals surface area contributed by atoms with Crippen LogP contribution in [0, 0.1) is 5.92 Å². The fourth-order valence-corrected chi connectivity index (χ4v) is 1.11. The molecule has 0 aliphatic heterocycles. The molecular weight excluding hydrogens is 151 g/mol.